The van der Waals surface area contributed by atoms with Gasteiger partial charge in [0.2, 0.25) is 0 Å². The summed E-state index contributed by atoms with van der Waals surface area (Å²) in [5.74, 6) is -0.412. The maximum absolute atomic E-state index is 13.5. The number of rotatable bonds is 3. The molecule has 0 aliphatic rings. The van der Waals surface area contributed by atoms with Crippen LogP contribution in [0.1, 0.15) is 49.3 Å². The number of benzene rings is 1. The monoisotopic (exact) mass is 326 g/mol. The molecular weight excluding hydrogens is 307 g/mol. The van der Waals surface area contributed by atoms with E-state index in [1.54, 1.807) is 23.5 Å². The maximum Gasteiger partial charge on any atom is 0.143 e. The van der Waals surface area contributed by atoms with Gasteiger partial charge in [-0.25, -0.2) is 9.37 Å². The molecule has 2 rings (SSSR count). The minimum absolute atomic E-state index is 0.0414. The summed E-state index contributed by atoms with van der Waals surface area (Å²) in [5, 5.41) is 4.56. The fourth-order valence-electron chi connectivity index (χ4n) is 2.03. The van der Waals surface area contributed by atoms with Gasteiger partial charge < -0.3 is 5.32 Å². The number of thiazole rings is 1. The molecule has 1 aromatic carbocycles. The van der Waals surface area contributed by atoms with E-state index in [1.165, 1.54) is 10.9 Å². The van der Waals surface area contributed by atoms with Crippen molar-refractivity contribution in [1.82, 2.24) is 4.98 Å². The summed E-state index contributed by atoms with van der Waals surface area (Å²) >= 11 is 7.41. The number of aryl methyl sites for hydroxylation is 1. The van der Waals surface area contributed by atoms with Crippen LogP contribution in [-0.2, 0) is 5.41 Å². The van der Waals surface area contributed by atoms with Crippen LogP contribution in [0, 0.1) is 12.7 Å². The topological polar surface area (TPSA) is 24.9 Å². The third kappa shape index (κ3) is 3.74. The van der Waals surface area contributed by atoms with E-state index >= 15 is 0 Å². The van der Waals surface area contributed by atoms with Crippen molar-refractivity contribution in [3.8, 4) is 0 Å². The molecule has 0 radical (unpaired) electrons. The Morgan fingerprint density at radius 1 is 1.33 bits per heavy atom. The number of halogens is 2. The summed E-state index contributed by atoms with van der Waals surface area (Å²) < 4.78 is 13.5. The molecule has 2 aromatic rings. The first kappa shape index (κ1) is 16.2. The quantitative estimate of drug-likeness (QED) is 0.780. The van der Waals surface area contributed by atoms with E-state index in [1.807, 2.05) is 6.92 Å². The number of nitrogens with one attached hydrogen (secondary N) is 1. The second-order valence-electron chi connectivity index (χ2n) is 6.21. The Balaban J connectivity index is 2.22. The van der Waals surface area contributed by atoms with Crippen LogP contribution in [0.3, 0.4) is 0 Å². The maximum atomic E-state index is 13.5. The van der Waals surface area contributed by atoms with E-state index in [0.29, 0.717) is 0 Å². The lowest BCUT2D eigenvalue weighted by atomic mass is 9.98. The summed E-state index contributed by atoms with van der Waals surface area (Å²) in [6, 6.07) is 4.83. The first-order valence-corrected chi connectivity index (χ1v) is 8.07. The molecule has 1 atom stereocenters. The second kappa shape index (κ2) is 5.93. The summed E-state index contributed by atoms with van der Waals surface area (Å²) in [6.45, 7) is 10.5. The van der Waals surface area contributed by atoms with Crippen LogP contribution in [-0.4, -0.2) is 4.98 Å². The molecule has 1 unspecified atom stereocenters. The molecule has 1 heterocycles. The lowest BCUT2D eigenvalue weighted by molar-refractivity contribution is 0.584. The van der Waals surface area contributed by atoms with Crippen LogP contribution in [0.4, 0.5) is 10.1 Å². The molecule has 5 heteroatoms. The van der Waals surface area contributed by atoms with Gasteiger partial charge in [0.25, 0.3) is 0 Å². The van der Waals surface area contributed by atoms with Crippen LogP contribution in [0.25, 0.3) is 0 Å². The van der Waals surface area contributed by atoms with Gasteiger partial charge in [0.05, 0.1) is 21.8 Å². The Bertz CT molecular complexity index is 646. The van der Waals surface area contributed by atoms with Gasteiger partial charge in [0, 0.05) is 16.0 Å². The summed E-state index contributed by atoms with van der Waals surface area (Å²) in [6.07, 6.45) is 0. The van der Waals surface area contributed by atoms with Crippen molar-refractivity contribution in [2.24, 2.45) is 0 Å². The molecule has 0 amide bonds. The lowest BCUT2D eigenvalue weighted by Crippen LogP contribution is -2.10. The van der Waals surface area contributed by atoms with Crippen LogP contribution in [0.15, 0.2) is 18.2 Å². The highest BCUT2D eigenvalue weighted by Gasteiger charge is 2.22. The smallest absolute Gasteiger partial charge is 0.143 e. The molecule has 1 N–H and O–H groups in total. The minimum Gasteiger partial charge on any atom is -0.378 e. The highest BCUT2D eigenvalue weighted by Crippen LogP contribution is 2.34. The SMILES string of the molecule is Cc1nc(C(C)(C)C)sc1C(C)Nc1ccc(Cl)c(F)c1. The van der Waals surface area contributed by atoms with Crippen molar-refractivity contribution in [2.45, 2.75) is 46.1 Å². The minimum atomic E-state index is -0.412. The van der Waals surface area contributed by atoms with Crippen molar-refractivity contribution in [1.29, 1.82) is 0 Å². The molecule has 2 nitrogen and oxygen atoms in total. The first-order valence-electron chi connectivity index (χ1n) is 6.88. The number of anilines is 1. The third-order valence-electron chi connectivity index (χ3n) is 3.17. The molecule has 114 valence electrons. The van der Waals surface area contributed by atoms with E-state index in [9.17, 15) is 4.39 Å². The van der Waals surface area contributed by atoms with Crippen LogP contribution in [0.5, 0.6) is 0 Å². The Labute approximate surface area is 134 Å². The van der Waals surface area contributed by atoms with Gasteiger partial charge in [-0.05, 0) is 32.0 Å². The van der Waals surface area contributed by atoms with Crippen molar-refractivity contribution in [3.63, 3.8) is 0 Å². The molecule has 0 fully saturated rings. The van der Waals surface area contributed by atoms with Crippen molar-refractivity contribution < 1.29 is 4.39 Å². The highest BCUT2D eigenvalue weighted by molar-refractivity contribution is 7.12. The van der Waals surface area contributed by atoms with Gasteiger partial charge in [-0.15, -0.1) is 11.3 Å². The van der Waals surface area contributed by atoms with Gasteiger partial charge >= 0.3 is 0 Å². The van der Waals surface area contributed by atoms with Crippen LogP contribution >= 0.6 is 22.9 Å². The predicted molar refractivity (Wildman–Crippen MR) is 89.0 cm³/mol. The number of hydrogen-bond donors (Lipinski definition) is 1. The molecule has 0 saturated heterocycles. The fraction of sp³-hybridized carbons (Fsp3) is 0.438. The van der Waals surface area contributed by atoms with Gasteiger partial charge in [-0.3, -0.25) is 0 Å². The molecule has 0 saturated carbocycles. The normalized spacial score (nSPS) is 13.3. The Kier molecular flexibility index (Phi) is 4.59. The molecule has 0 aliphatic carbocycles. The predicted octanol–water partition coefficient (Wildman–Crippen LogP) is 5.71. The number of hydrogen-bond acceptors (Lipinski definition) is 3. The Hall–Kier alpha value is -1.13. The van der Waals surface area contributed by atoms with E-state index in [2.05, 4.69) is 38.0 Å². The zero-order chi connectivity index (χ0) is 15.8. The molecular formula is C16H20ClFN2S. The van der Waals surface area contributed by atoms with Gasteiger partial charge in [0.15, 0.2) is 0 Å². The van der Waals surface area contributed by atoms with Gasteiger partial charge in [0.1, 0.15) is 5.82 Å². The molecule has 1 aromatic heterocycles. The summed E-state index contributed by atoms with van der Waals surface area (Å²) in [4.78, 5) is 5.84. The average molecular weight is 327 g/mol. The fourth-order valence-corrected chi connectivity index (χ4v) is 3.28. The largest absolute Gasteiger partial charge is 0.378 e. The van der Waals surface area contributed by atoms with E-state index in [4.69, 9.17) is 11.6 Å². The third-order valence-corrected chi connectivity index (χ3v) is 5.24. The summed E-state index contributed by atoms with van der Waals surface area (Å²) in [7, 11) is 0. The lowest BCUT2D eigenvalue weighted by Gasteiger charge is -2.15. The molecule has 0 aliphatic heterocycles. The van der Waals surface area contributed by atoms with Gasteiger partial charge in [-0.2, -0.15) is 0 Å². The van der Waals surface area contributed by atoms with Crippen molar-refractivity contribution in [3.05, 3.63) is 44.6 Å². The summed E-state index contributed by atoms with van der Waals surface area (Å²) in [5.41, 5.74) is 1.79. The van der Waals surface area contributed by atoms with Crippen LogP contribution in [0.2, 0.25) is 5.02 Å². The zero-order valence-corrected chi connectivity index (χ0v) is 14.5. The van der Waals surface area contributed by atoms with Crippen molar-refractivity contribution >= 4 is 28.6 Å². The van der Waals surface area contributed by atoms with E-state index in [0.717, 1.165) is 16.4 Å². The zero-order valence-electron chi connectivity index (χ0n) is 12.9. The van der Waals surface area contributed by atoms with E-state index in [-0.39, 0.29) is 16.5 Å². The standard InChI is InChI=1S/C16H20ClFN2S/c1-9(19-11-6-7-12(17)13(18)8-11)14-10(2)20-15(21-14)16(3,4)5/h6-9,19H,1-5H3. The van der Waals surface area contributed by atoms with Gasteiger partial charge in [-0.1, -0.05) is 32.4 Å². The van der Waals surface area contributed by atoms with Crippen LogP contribution < -0.4 is 5.32 Å². The Morgan fingerprint density at radius 3 is 2.52 bits per heavy atom. The first-order chi connectivity index (χ1) is 9.68. The average Bonchev–Trinajstić information content (AvgIpc) is 2.76. The number of nitrogens with zero attached hydrogens (tertiary/aromatic N) is 1. The van der Waals surface area contributed by atoms with Crippen molar-refractivity contribution in [2.75, 3.05) is 5.32 Å². The highest BCUT2D eigenvalue weighted by atomic mass is 35.5. The number of aromatic nitrogens is 1. The molecule has 0 spiro atoms. The Morgan fingerprint density at radius 2 is 2.00 bits per heavy atom. The molecule has 21 heavy (non-hydrogen) atoms. The second-order valence-corrected chi connectivity index (χ2v) is 7.65. The van der Waals surface area contributed by atoms with E-state index < -0.39 is 5.82 Å². The molecule has 0 bridgehead atoms.